The van der Waals surface area contributed by atoms with Crippen molar-refractivity contribution in [3.63, 3.8) is 0 Å². The lowest BCUT2D eigenvalue weighted by molar-refractivity contribution is -0.373. The largest absolute Gasteiger partial charge is 0.497 e. The van der Waals surface area contributed by atoms with Crippen LogP contribution in [0, 0.1) is 41.4 Å². The zero-order valence-corrected chi connectivity index (χ0v) is 21.3. The van der Waals surface area contributed by atoms with Gasteiger partial charge in [-0.3, -0.25) is 0 Å². The molecule has 4 nitrogen and oxygen atoms in total. The second-order valence-corrected chi connectivity index (χ2v) is 13.0. The summed E-state index contributed by atoms with van der Waals surface area (Å²) in [5.74, 6) is 1.53. The second-order valence-electron chi connectivity index (χ2n) is 10.4. The van der Waals surface area contributed by atoms with Crippen LogP contribution in [-0.4, -0.2) is 51.7 Å². The first kappa shape index (κ1) is 28.2. The normalized spacial score (nSPS) is 34.9. The molecule has 1 N–H and O–H groups in total. The van der Waals surface area contributed by atoms with E-state index in [4.69, 9.17) is 13.3 Å². The van der Waals surface area contributed by atoms with E-state index in [1.54, 1.807) is 0 Å². The number of fused-ring (bicyclic) bond motifs is 9. The average Bonchev–Trinajstić information content (AvgIpc) is 3.47. The summed E-state index contributed by atoms with van der Waals surface area (Å²) in [6.07, 6.45) is -8.04. The lowest BCUT2D eigenvalue weighted by Gasteiger charge is -2.42. The van der Waals surface area contributed by atoms with E-state index in [0.29, 0.717) is 49.9 Å². The topological polar surface area (TPSA) is 47.9 Å². The number of aliphatic hydroxyl groups is 1. The maximum atomic E-state index is 12.9. The zero-order valence-electron chi connectivity index (χ0n) is 20.3. The van der Waals surface area contributed by atoms with Crippen molar-refractivity contribution < 1.29 is 44.7 Å². The highest BCUT2D eigenvalue weighted by Crippen LogP contribution is 2.70. The summed E-state index contributed by atoms with van der Waals surface area (Å²) < 4.78 is 93.9. The molecule has 200 valence electrons. The fraction of sp³-hybridized carbons (Fsp3) is 1.00. The van der Waals surface area contributed by atoms with Gasteiger partial charge in [0.1, 0.15) is 0 Å². The molecule has 0 aliphatic heterocycles. The molecule has 4 aliphatic rings. The molecule has 4 bridgehead atoms. The van der Waals surface area contributed by atoms with Gasteiger partial charge in [-0.1, -0.05) is 0 Å². The summed E-state index contributed by atoms with van der Waals surface area (Å²) in [7, 11) is -2.25. The van der Waals surface area contributed by atoms with Crippen molar-refractivity contribution in [3.8, 4) is 0 Å². The molecule has 11 heteroatoms. The highest BCUT2D eigenvalue weighted by Gasteiger charge is 2.72. The van der Waals surface area contributed by atoms with Crippen LogP contribution in [0.25, 0.3) is 0 Å². The Morgan fingerprint density at radius 1 is 0.735 bits per heavy atom. The molecule has 0 aromatic heterocycles. The molecule has 34 heavy (non-hydrogen) atoms. The van der Waals surface area contributed by atoms with Crippen molar-refractivity contribution in [3.05, 3.63) is 0 Å². The summed E-state index contributed by atoms with van der Waals surface area (Å²) in [6.45, 7) is 9.73. The molecule has 4 aliphatic carbocycles. The van der Waals surface area contributed by atoms with E-state index in [9.17, 15) is 31.4 Å². The summed E-state index contributed by atoms with van der Waals surface area (Å²) >= 11 is 0. The number of hydrogen-bond acceptors (Lipinski definition) is 4. The average molecular weight is 521 g/mol. The molecule has 0 aromatic rings. The molecular formula is C23H38F6O4Si. The van der Waals surface area contributed by atoms with Crippen molar-refractivity contribution >= 4 is 8.80 Å². The van der Waals surface area contributed by atoms with Crippen LogP contribution in [0.5, 0.6) is 0 Å². The van der Waals surface area contributed by atoms with Gasteiger partial charge in [0.2, 0.25) is 0 Å². The van der Waals surface area contributed by atoms with Gasteiger partial charge in [-0.25, -0.2) is 0 Å². The molecule has 0 amide bonds. The Balaban J connectivity index is 0.000000252. The highest BCUT2D eigenvalue weighted by atomic mass is 28.4. The van der Waals surface area contributed by atoms with E-state index in [1.165, 1.54) is 6.42 Å². The molecule has 0 saturated heterocycles. The third-order valence-electron chi connectivity index (χ3n) is 8.59. The number of halogens is 6. The third-order valence-corrected chi connectivity index (χ3v) is 11.0. The Labute approximate surface area is 199 Å². The Morgan fingerprint density at radius 3 is 1.65 bits per heavy atom. The van der Waals surface area contributed by atoms with Gasteiger partial charge in [0.25, 0.3) is 5.60 Å². The SMILES string of the molecule is CCO[Si](C)(OCC)OCC.OC(CC1CC2CC1C1C3CCC(C3)C21)(C(F)(F)F)C(F)(F)F. The van der Waals surface area contributed by atoms with Gasteiger partial charge in [0, 0.05) is 26.4 Å². The molecule has 7 atom stereocenters. The Morgan fingerprint density at radius 2 is 1.21 bits per heavy atom. The summed E-state index contributed by atoms with van der Waals surface area (Å²) in [5.41, 5.74) is -4.57. The Hall–Kier alpha value is -0.363. The summed E-state index contributed by atoms with van der Waals surface area (Å²) in [6, 6.07) is 0. The van der Waals surface area contributed by atoms with Gasteiger partial charge < -0.3 is 18.4 Å². The molecule has 0 spiro atoms. The third kappa shape index (κ3) is 5.19. The van der Waals surface area contributed by atoms with Crippen LogP contribution in [-0.2, 0) is 13.3 Å². The molecular weight excluding hydrogens is 482 g/mol. The Kier molecular flexibility index (Phi) is 8.45. The molecule has 4 fully saturated rings. The van der Waals surface area contributed by atoms with E-state index in [-0.39, 0.29) is 11.8 Å². The number of hydrogen-bond donors (Lipinski definition) is 1. The predicted molar refractivity (Wildman–Crippen MR) is 116 cm³/mol. The van der Waals surface area contributed by atoms with Crippen molar-refractivity contribution in [2.24, 2.45) is 41.4 Å². The van der Waals surface area contributed by atoms with E-state index >= 15 is 0 Å². The smallest absolute Gasteiger partial charge is 0.374 e. The van der Waals surface area contributed by atoms with Crippen LogP contribution in [0.4, 0.5) is 26.3 Å². The minimum absolute atomic E-state index is 0.0588. The molecule has 0 heterocycles. The van der Waals surface area contributed by atoms with Crippen LogP contribution in [0.2, 0.25) is 6.55 Å². The summed E-state index contributed by atoms with van der Waals surface area (Å²) in [4.78, 5) is 0. The first-order valence-electron chi connectivity index (χ1n) is 12.5. The Bertz CT molecular complexity index is 656. The monoisotopic (exact) mass is 520 g/mol. The van der Waals surface area contributed by atoms with Gasteiger partial charge in [-0.2, -0.15) is 26.3 Å². The van der Waals surface area contributed by atoms with Gasteiger partial charge in [0.15, 0.2) is 0 Å². The minimum Gasteiger partial charge on any atom is -0.374 e. The molecule has 0 aromatic carbocycles. The standard InChI is InChI=1S/C16H20F6O.C7H18O3Si/c17-15(18,19)14(23,16(20,21)22)6-10-4-9-5-11(10)13-8-2-1-7(3-8)12(9)13;1-5-8-11(4,9-6-2)10-7-3/h7-13,23H,1-6H2;5-7H2,1-4H3. The first-order chi connectivity index (χ1) is 15.7. The van der Waals surface area contributed by atoms with Crippen LogP contribution < -0.4 is 0 Å². The second kappa shape index (κ2) is 10.2. The van der Waals surface area contributed by atoms with Crippen molar-refractivity contribution in [2.75, 3.05) is 19.8 Å². The van der Waals surface area contributed by atoms with Gasteiger partial charge in [-0.05, 0) is 101 Å². The highest BCUT2D eigenvalue weighted by molar-refractivity contribution is 6.59. The van der Waals surface area contributed by atoms with Crippen molar-refractivity contribution in [1.82, 2.24) is 0 Å². The predicted octanol–water partition coefficient (Wildman–Crippen LogP) is 6.22. The van der Waals surface area contributed by atoms with Crippen LogP contribution in [0.15, 0.2) is 0 Å². The summed E-state index contributed by atoms with van der Waals surface area (Å²) in [5, 5.41) is 9.50. The zero-order chi connectivity index (χ0) is 25.5. The van der Waals surface area contributed by atoms with Crippen LogP contribution >= 0.6 is 0 Å². The fourth-order valence-electron chi connectivity index (χ4n) is 7.62. The van der Waals surface area contributed by atoms with E-state index in [0.717, 1.165) is 19.3 Å². The molecule has 4 rings (SSSR count). The van der Waals surface area contributed by atoms with Gasteiger partial charge in [0.05, 0.1) is 0 Å². The molecule has 4 saturated carbocycles. The minimum atomic E-state index is -5.68. The quantitative estimate of drug-likeness (QED) is 0.235. The first-order valence-corrected chi connectivity index (χ1v) is 14.7. The van der Waals surface area contributed by atoms with E-state index in [2.05, 4.69) is 0 Å². The lowest BCUT2D eigenvalue weighted by atomic mass is 9.65. The maximum absolute atomic E-state index is 12.9. The van der Waals surface area contributed by atoms with Gasteiger partial charge >= 0.3 is 21.2 Å². The van der Waals surface area contributed by atoms with E-state index < -0.39 is 39.1 Å². The van der Waals surface area contributed by atoms with E-state index in [1.807, 2.05) is 27.3 Å². The van der Waals surface area contributed by atoms with Crippen molar-refractivity contribution in [2.45, 2.75) is 83.8 Å². The molecule has 0 radical (unpaired) electrons. The van der Waals surface area contributed by atoms with Crippen molar-refractivity contribution in [1.29, 1.82) is 0 Å². The number of alkyl halides is 6. The number of rotatable bonds is 8. The lowest BCUT2D eigenvalue weighted by Crippen LogP contribution is -2.58. The van der Waals surface area contributed by atoms with Crippen LogP contribution in [0.3, 0.4) is 0 Å². The fourth-order valence-corrected chi connectivity index (χ4v) is 9.44. The maximum Gasteiger partial charge on any atom is 0.497 e. The van der Waals surface area contributed by atoms with Crippen LogP contribution in [0.1, 0.15) is 59.3 Å². The molecule has 7 unspecified atom stereocenters. The van der Waals surface area contributed by atoms with Gasteiger partial charge in [-0.15, -0.1) is 0 Å².